The predicted molar refractivity (Wildman–Crippen MR) is 61.7 cm³/mol. The second kappa shape index (κ2) is 4.84. The van der Waals surface area contributed by atoms with Crippen molar-refractivity contribution in [1.29, 1.82) is 0 Å². The topological polar surface area (TPSA) is 88.0 Å². The Kier molecular flexibility index (Phi) is 3.93. The molecule has 0 amide bonds. The molecule has 0 saturated carbocycles. The number of aromatic nitrogens is 3. The summed E-state index contributed by atoms with van der Waals surface area (Å²) in [5.41, 5.74) is -2.26. The molecule has 0 spiro atoms. The molecule has 0 radical (unpaired) electrons. The summed E-state index contributed by atoms with van der Waals surface area (Å²) in [5.74, 6) is 0.621. The zero-order chi connectivity index (χ0) is 12.3. The molecule has 16 heavy (non-hydrogen) atoms. The molecular weight excluding hydrogens is 230 g/mol. The molecule has 0 atom stereocenters. The molecule has 1 heterocycles. The molecule has 0 bridgehead atoms. The maximum atomic E-state index is 11.0. The van der Waals surface area contributed by atoms with E-state index in [9.17, 15) is 14.7 Å². The Morgan fingerprint density at radius 2 is 2.12 bits per heavy atom. The number of hydrogen-bond acceptors (Lipinski definition) is 5. The van der Waals surface area contributed by atoms with Gasteiger partial charge in [0.05, 0.1) is 5.60 Å². The summed E-state index contributed by atoms with van der Waals surface area (Å²) in [6, 6.07) is 0. The maximum Gasteiger partial charge on any atom is 0.339 e. The quantitative estimate of drug-likeness (QED) is 0.563. The molecule has 1 aromatic heterocycles. The molecule has 90 valence electrons. The van der Waals surface area contributed by atoms with Crippen LogP contribution >= 0.6 is 11.8 Å². The van der Waals surface area contributed by atoms with Gasteiger partial charge < -0.3 is 5.11 Å². The molecule has 7 heteroatoms. The van der Waals surface area contributed by atoms with Crippen molar-refractivity contribution in [2.24, 2.45) is 7.05 Å². The van der Waals surface area contributed by atoms with E-state index in [0.717, 1.165) is 0 Å². The Hall–Kier alpha value is -1.08. The number of hydrogen-bond donors (Lipinski definition) is 2. The summed E-state index contributed by atoms with van der Waals surface area (Å²) in [4.78, 5) is 25.6. The number of H-pyrrole nitrogens is 1. The van der Waals surface area contributed by atoms with E-state index in [1.54, 1.807) is 20.9 Å². The van der Waals surface area contributed by atoms with Crippen LogP contribution in [0.1, 0.15) is 20.3 Å². The van der Waals surface area contributed by atoms with Gasteiger partial charge >= 0.3 is 11.1 Å². The van der Waals surface area contributed by atoms with Crippen molar-refractivity contribution in [1.82, 2.24) is 14.8 Å². The van der Waals surface area contributed by atoms with Crippen LogP contribution in [-0.4, -0.2) is 31.2 Å². The predicted octanol–water partition coefficient (Wildman–Crippen LogP) is -0.278. The molecule has 0 saturated heterocycles. The van der Waals surface area contributed by atoms with Gasteiger partial charge in [-0.25, -0.2) is 0 Å². The van der Waals surface area contributed by atoms with Crippen molar-refractivity contribution < 1.29 is 5.11 Å². The molecule has 0 aliphatic heterocycles. The Labute approximate surface area is 96.7 Å². The van der Waals surface area contributed by atoms with E-state index in [-0.39, 0.29) is 0 Å². The highest BCUT2D eigenvalue weighted by Crippen LogP contribution is 2.17. The first kappa shape index (κ1) is 13.0. The van der Waals surface area contributed by atoms with E-state index in [1.165, 1.54) is 16.4 Å². The largest absolute Gasteiger partial charge is 0.390 e. The fraction of sp³-hybridized carbons (Fsp3) is 0.667. The van der Waals surface area contributed by atoms with Crippen molar-refractivity contribution in [2.75, 3.05) is 5.75 Å². The van der Waals surface area contributed by atoms with Gasteiger partial charge in [-0.1, -0.05) is 11.8 Å². The molecule has 0 aliphatic carbocycles. The smallest absolute Gasteiger partial charge is 0.339 e. The third-order valence-electron chi connectivity index (χ3n) is 1.89. The first-order valence-electron chi connectivity index (χ1n) is 4.82. The number of thioether (sulfide) groups is 1. The van der Waals surface area contributed by atoms with Gasteiger partial charge in [0, 0.05) is 12.8 Å². The number of rotatable bonds is 4. The minimum absolute atomic E-state index is 0.439. The molecule has 1 aromatic rings. The SMILES string of the molecule is Cn1[nH]c(=O)c(=O)nc1SCCC(C)(C)O. The van der Waals surface area contributed by atoms with Gasteiger partial charge in [0.2, 0.25) is 0 Å². The van der Waals surface area contributed by atoms with Gasteiger partial charge in [0.1, 0.15) is 0 Å². The van der Waals surface area contributed by atoms with Gasteiger partial charge in [0.15, 0.2) is 5.16 Å². The van der Waals surface area contributed by atoms with Crippen LogP contribution in [0.25, 0.3) is 0 Å². The van der Waals surface area contributed by atoms with Crippen molar-refractivity contribution in [3.05, 3.63) is 20.7 Å². The average Bonchev–Trinajstić information content (AvgIpc) is 2.11. The highest BCUT2D eigenvalue weighted by Gasteiger charge is 2.13. The second-order valence-corrected chi connectivity index (χ2v) is 5.17. The summed E-state index contributed by atoms with van der Waals surface area (Å²) in [6.45, 7) is 3.43. The van der Waals surface area contributed by atoms with Crippen molar-refractivity contribution in [3.8, 4) is 0 Å². The normalized spacial score (nSPS) is 11.8. The lowest BCUT2D eigenvalue weighted by Crippen LogP contribution is -2.34. The Bertz CT molecular complexity index is 472. The van der Waals surface area contributed by atoms with E-state index in [4.69, 9.17) is 0 Å². The van der Waals surface area contributed by atoms with Crippen LogP contribution < -0.4 is 11.1 Å². The maximum absolute atomic E-state index is 11.0. The monoisotopic (exact) mass is 245 g/mol. The lowest BCUT2D eigenvalue weighted by molar-refractivity contribution is 0.0777. The van der Waals surface area contributed by atoms with Gasteiger partial charge in [-0.15, -0.1) is 0 Å². The van der Waals surface area contributed by atoms with Crippen molar-refractivity contribution in [2.45, 2.75) is 31.0 Å². The molecule has 0 aromatic carbocycles. The first-order chi connectivity index (χ1) is 7.29. The third-order valence-corrected chi connectivity index (χ3v) is 2.92. The van der Waals surface area contributed by atoms with Crippen LogP contribution in [0, 0.1) is 0 Å². The summed E-state index contributed by atoms with van der Waals surface area (Å²) in [6.07, 6.45) is 0.576. The lowest BCUT2D eigenvalue weighted by atomic mass is 10.1. The minimum Gasteiger partial charge on any atom is -0.390 e. The van der Waals surface area contributed by atoms with E-state index in [0.29, 0.717) is 17.3 Å². The summed E-state index contributed by atoms with van der Waals surface area (Å²) < 4.78 is 1.40. The molecule has 1 rings (SSSR count). The van der Waals surface area contributed by atoms with E-state index >= 15 is 0 Å². The first-order valence-corrected chi connectivity index (χ1v) is 5.81. The van der Waals surface area contributed by atoms with Crippen molar-refractivity contribution in [3.63, 3.8) is 0 Å². The third kappa shape index (κ3) is 3.82. The van der Waals surface area contributed by atoms with Gasteiger partial charge in [-0.2, -0.15) is 4.98 Å². The standard InChI is InChI=1S/C9H15N3O3S/c1-9(2,15)4-5-16-8-10-6(13)7(14)11-12(8)3/h15H,4-5H2,1-3H3,(H,11,14). The number of aliphatic hydroxyl groups is 1. The van der Waals surface area contributed by atoms with Gasteiger partial charge in [-0.05, 0) is 20.3 Å². The number of nitrogens with one attached hydrogen (secondary N) is 1. The fourth-order valence-corrected chi connectivity index (χ4v) is 2.15. The molecular formula is C9H15N3O3S. The zero-order valence-corrected chi connectivity index (χ0v) is 10.3. The van der Waals surface area contributed by atoms with E-state index < -0.39 is 16.7 Å². The van der Waals surface area contributed by atoms with E-state index in [1.807, 2.05) is 0 Å². The van der Waals surface area contributed by atoms with Crippen LogP contribution in [0.3, 0.4) is 0 Å². The molecule has 0 aliphatic rings. The van der Waals surface area contributed by atoms with Gasteiger partial charge in [0.25, 0.3) is 0 Å². The number of aryl methyl sites for hydroxylation is 1. The highest BCUT2D eigenvalue weighted by molar-refractivity contribution is 7.99. The van der Waals surface area contributed by atoms with Crippen LogP contribution in [0.4, 0.5) is 0 Å². The number of aromatic amines is 1. The molecule has 0 unspecified atom stereocenters. The Balaban J connectivity index is 2.72. The van der Waals surface area contributed by atoms with Crippen LogP contribution in [0.15, 0.2) is 14.7 Å². The Morgan fingerprint density at radius 1 is 1.50 bits per heavy atom. The summed E-state index contributed by atoms with van der Waals surface area (Å²) in [7, 11) is 1.61. The second-order valence-electron chi connectivity index (χ2n) is 4.11. The Morgan fingerprint density at radius 3 is 2.69 bits per heavy atom. The summed E-state index contributed by atoms with van der Waals surface area (Å²) >= 11 is 1.32. The van der Waals surface area contributed by atoms with Crippen molar-refractivity contribution >= 4 is 11.8 Å². The minimum atomic E-state index is -0.788. The summed E-state index contributed by atoms with van der Waals surface area (Å²) in [5, 5.41) is 12.3. The molecule has 6 nitrogen and oxygen atoms in total. The van der Waals surface area contributed by atoms with E-state index in [2.05, 4.69) is 10.1 Å². The molecule has 0 fully saturated rings. The fourth-order valence-electron chi connectivity index (χ4n) is 0.982. The van der Waals surface area contributed by atoms with Crippen LogP contribution in [-0.2, 0) is 7.05 Å². The highest BCUT2D eigenvalue weighted by atomic mass is 32.2. The average molecular weight is 245 g/mol. The number of nitrogens with zero attached hydrogens (tertiary/aromatic N) is 2. The van der Waals surface area contributed by atoms with Gasteiger partial charge in [-0.3, -0.25) is 19.4 Å². The lowest BCUT2D eigenvalue weighted by Gasteiger charge is -2.16. The zero-order valence-electron chi connectivity index (χ0n) is 9.48. The van der Waals surface area contributed by atoms with Crippen LogP contribution in [0.5, 0.6) is 0 Å². The van der Waals surface area contributed by atoms with Crippen LogP contribution in [0.2, 0.25) is 0 Å². The molecule has 2 N–H and O–H groups in total.